The summed E-state index contributed by atoms with van der Waals surface area (Å²) in [7, 11) is 0. The fourth-order valence-electron chi connectivity index (χ4n) is 4.17. The van der Waals surface area contributed by atoms with E-state index in [0.29, 0.717) is 0 Å². The molecule has 1 aromatic heterocycles. The van der Waals surface area contributed by atoms with Crippen molar-refractivity contribution >= 4 is 6.09 Å². The van der Waals surface area contributed by atoms with Crippen LogP contribution in [0.5, 0.6) is 0 Å². The van der Waals surface area contributed by atoms with Gasteiger partial charge in [-0.25, -0.2) is 4.79 Å². The molecule has 3 aliphatic heterocycles. The quantitative estimate of drug-likeness (QED) is 0.758. The largest absolute Gasteiger partial charge is 0.442 e. The Kier molecular flexibility index (Phi) is 5.38. The van der Waals surface area contributed by atoms with Gasteiger partial charge < -0.3 is 14.4 Å². The number of morpholine rings is 1. The number of amides is 1. The third-order valence-electron chi connectivity index (χ3n) is 5.51. The number of carbonyl (C=O) groups is 1. The number of aromatic nitrogens is 1. The van der Waals surface area contributed by atoms with Crippen LogP contribution in [0.15, 0.2) is 18.2 Å². The minimum atomic E-state index is -0.143. The van der Waals surface area contributed by atoms with E-state index in [0.717, 1.165) is 76.8 Å². The van der Waals surface area contributed by atoms with Gasteiger partial charge in [0, 0.05) is 51.5 Å². The lowest BCUT2D eigenvalue weighted by atomic mass is 10.2. The lowest BCUT2D eigenvalue weighted by Gasteiger charge is -2.28. The van der Waals surface area contributed by atoms with Crippen molar-refractivity contribution in [2.45, 2.75) is 32.0 Å². The predicted molar refractivity (Wildman–Crippen MR) is 96.9 cm³/mol. The maximum absolute atomic E-state index is 12.2. The maximum atomic E-state index is 12.2. The van der Waals surface area contributed by atoms with Crippen LogP contribution in [-0.4, -0.2) is 90.4 Å². The highest BCUT2D eigenvalue weighted by atomic mass is 16.6. The van der Waals surface area contributed by atoms with Gasteiger partial charge in [-0.2, -0.15) is 0 Å². The Morgan fingerprint density at radius 3 is 2.81 bits per heavy atom. The van der Waals surface area contributed by atoms with Crippen LogP contribution in [0.1, 0.15) is 17.8 Å². The number of rotatable bonds is 6. The van der Waals surface area contributed by atoms with Crippen LogP contribution in [0.2, 0.25) is 0 Å². The molecule has 1 aromatic rings. The first kappa shape index (κ1) is 17.7. The summed E-state index contributed by atoms with van der Waals surface area (Å²) in [5.74, 6) is 0. The Hall–Kier alpha value is -1.70. The first-order chi connectivity index (χ1) is 12.7. The predicted octanol–water partition coefficient (Wildman–Crippen LogP) is 1.12. The highest BCUT2D eigenvalue weighted by molar-refractivity contribution is 5.71. The normalized spacial score (nSPS) is 27.0. The maximum Gasteiger partial charge on any atom is 0.410 e. The van der Waals surface area contributed by atoms with E-state index < -0.39 is 0 Å². The molecule has 3 aliphatic rings. The van der Waals surface area contributed by atoms with E-state index in [-0.39, 0.29) is 18.2 Å². The van der Waals surface area contributed by atoms with Gasteiger partial charge in [0.15, 0.2) is 0 Å². The van der Waals surface area contributed by atoms with Crippen molar-refractivity contribution in [1.82, 2.24) is 19.7 Å². The van der Waals surface area contributed by atoms with Crippen LogP contribution in [-0.2, 0) is 16.0 Å². The van der Waals surface area contributed by atoms with Gasteiger partial charge in [0.1, 0.15) is 6.10 Å². The number of pyridine rings is 1. The average Bonchev–Trinajstić information content (AvgIpc) is 3.13. The van der Waals surface area contributed by atoms with E-state index in [2.05, 4.69) is 20.9 Å². The summed E-state index contributed by atoms with van der Waals surface area (Å²) >= 11 is 0. The average molecular weight is 360 g/mol. The van der Waals surface area contributed by atoms with Crippen molar-refractivity contribution in [3.63, 3.8) is 0 Å². The van der Waals surface area contributed by atoms with Crippen molar-refractivity contribution in [1.29, 1.82) is 0 Å². The molecule has 2 atom stereocenters. The van der Waals surface area contributed by atoms with Crippen LogP contribution in [0, 0.1) is 6.92 Å². The topological polar surface area (TPSA) is 58.1 Å². The number of ether oxygens (including phenoxy) is 2. The third kappa shape index (κ3) is 4.00. The van der Waals surface area contributed by atoms with E-state index in [1.165, 1.54) is 0 Å². The third-order valence-corrected chi connectivity index (χ3v) is 5.51. The molecule has 0 aliphatic carbocycles. The highest BCUT2D eigenvalue weighted by Crippen LogP contribution is 2.28. The summed E-state index contributed by atoms with van der Waals surface area (Å²) in [6, 6.07) is 6.30. The summed E-state index contributed by atoms with van der Waals surface area (Å²) in [5.41, 5.74) is 2.12. The lowest BCUT2D eigenvalue weighted by molar-refractivity contribution is 0.0362. The van der Waals surface area contributed by atoms with Gasteiger partial charge in [0.25, 0.3) is 0 Å². The molecule has 26 heavy (non-hydrogen) atoms. The fourth-order valence-corrected chi connectivity index (χ4v) is 4.17. The van der Waals surface area contributed by atoms with Crippen LogP contribution in [0.4, 0.5) is 4.79 Å². The van der Waals surface area contributed by atoms with Crippen LogP contribution < -0.4 is 0 Å². The smallest absolute Gasteiger partial charge is 0.410 e. The second-order valence-electron chi connectivity index (χ2n) is 7.45. The molecule has 7 heteroatoms. The number of aryl methyl sites for hydroxylation is 1. The molecular weight excluding hydrogens is 332 g/mol. The van der Waals surface area contributed by atoms with Crippen LogP contribution in [0.3, 0.4) is 0 Å². The minimum absolute atomic E-state index is 0.00399. The van der Waals surface area contributed by atoms with Crippen molar-refractivity contribution in [2.75, 3.05) is 52.5 Å². The fraction of sp³-hybridized carbons (Fsp3) is 0.684. The van der Waals surface area contributed by atoms with Gasteiger partial charge in [-0.1, -0.05) is 6.07 Å². The molecule has 3 fully saturated rings. The van der Waals surface area contributed by atoms with Gasteiger partial charge in [-0.05, 0) is 25.5 Å². The SMILES string of the molecule is Cc1cccc(CN2C[C@@H]3OC(=O)N(CCCN4CCOCC4)[C@@H]3C2)n1. The summed E-state index contributed by atoms with van der Waals surface area (Å²) in [4.78, 5) is 23.5. The Balaban J connectivity index is 1.28. The van der Waals surface area contributed by atoms with E-state index in [9.17, 15) is 4.79 Å². The second-order valence-corrected chi connectivity index (χ2v) is 7.45. The molecule has 1 amide bonds. The Morgan fingerprint density at radius 1 is 1.15 bits per heavy atom. The zero-order valence-corrected chi connectivity index (χ0v) is 15.5. The summed E-state index contributed by atoms with van der Waals surface area (Å²) in [6.45, 7) is 9.90. The van der Waals surface area contributed by atoms with E-state index >= 15 is 0 Å². The first-order valence-corrected chi connectivity index (χ1v) is 9.61. The molecule has 142 valence electrons. The zero-order valence-electron chi connectivity index (χ0n) is 15.5. The van der Waals surface area contributed by atoms with Gasteiger partial charge in [0.05, 0.1) is 24.9 Å². The van der Waals surface area contributed by atoms with E-state index in [4.69, 9.17) is 9.47 Å². The summed E-state index contributed by atoms with van der Waals surface area (Å²) < 4.78 is 11.0. The van der Waals surface area contributed by atoms with Crippen molar-refractivity contribution in [3.8, 4) is 0 Å². The number of carbonyl (C=O) groups excluding carboxylic acids is 1. The number of likely N-dealkylation sites (tertiary alicyclic amines) is 1. The van der Waals surface area contributed by atoms with Gasteiger partial charge >= 0.3 is 6.09 Å². The van der Waals surface area contributed by atoms with E-state index in [1.54, 1.807) is 0 Å². The minimum Gasteiger partial charge on any atom is -0.442 e. The molecule has 4 heterocycles. The van der Waals surface area contributed by atoms with Crippen molar-refractivity contribution < 1.29 is 14.3 Å². The molecule has 0 bridgehead atoms. The molecule has 4 rings (SSSR count). The molecule has 0 spiro atoms. The second kappa shape index (κ2) is 7.90. The summed E-state index contributed by atoms with van der Waals surface area (Å²) in [5, 5.41) is 0. The van der Waals surface area contributed by atoms with Gasteiger partial charge in [0.2, 0.25) is 0 Å². The van der Waals surface area contributed by atoms with Gasteiger partial charge in [-0.3, -0.25) is 14.8 Å². The molecule has 0 aromatic carbocycles. The van der Waals surface area contributed by atoms with Gasteiger partial charge in [-0.15, -0.1) is 0 Å². The number of fused-ring (bicyclic) bond motifs is 1. The Bertz CT molecular complexity index is 635. The molecule has 0 unspecified atom stereocenters. The van der Waals surface area contributed by atoms with E-state index in [1.807, 2.05) is 24.0 Å². The summed E-state index contributed by atoms with van der Waals surface area (Å²) in [6.07, 6.45) is 0.837. The molecule has 0 N–H and O–H groups in total. The Labute approximate surface area is 154 Å². The number of nitrogens with zero attached hydrogens (tertiary/aromatic N) is 4. The molecular formula is C19H28N4O3. The lowest BCUT2D eigenvalue weighted by Crippen LogP contribution is -2.41. The Morgan fingerprint density at radius 2 is 2.00 bits per heavy atom. The van der Waals surface area contributed by atoms with Crippen LogP contribution in [0.25, 0.3) is 0 Å². The monoisotopic (exact) mass is 360 g/mol. The highest BCUT2D eigenvalue weighted by Gasteiger charge is 2.47. The molecule has 0 radical (unpaired) electrons. The van der Waals surface area contributed by atoms with Crippen molar-refractivity contribution in [2.24, 2.45) is 0 Å². The van der Waals surface area contributed by atoms with Crippen LogP contribution >= 0.6 is 0 Å². The standard InChI is InChI=1S/C19H28N4O3/c1-15-4-2-5-16(20-15)12-22-13-17-18(14-22)26-19(24)23(17)7-3-6-21-8-10-25-11-9-21/h2,4-5,17-18H,3,6-14H2,1H3/t17-,18+/m1/s1. The molecule has 7 nitrogen and oxygen atoms in total. The number of hydrogen-bond donors (Lipinski definition) is 0. The molecule has 0 saturated carbocycles. The molecule has 3 saturated heterocycles. The number of hydrogen-bond acceptors (Lipinski definition) is 6. The first-order valence-electron chi connectivity index (χ1n) is 9.61. The van der Waals surface area contributed by atoms with Crippen molar-refractivity contribution in [3.05, 3.63) is 29.6 Å². The zero-order chi connectivity index (χ0) is 17.9.